The number of hydrogen-bond donors (Lipinski definition) is 1. The minimum absolute atomic E-state index is 0.0729. The van der Waals surface area contributed by atoms with Gasteiger partial charge in [0.2, 0.25) is 0 Å². The van der Waals surface area contributed by atoms with Crippen LogP contribution in [0.5, 0.6) is 5.75 Å². The van der Waals surface area contributed by atoms with Crippen molar-refractivity contribution in [2.75, 3.05) is 6.61 Å². The summed E-state index contributed by atoms with van der Waals surface area (Å²) < 4.78 is 5.42. The van der Waals surface area contributed by atoms with Crippen LogP contribution < -0.4 is 10.5 Å². The van der Waals surface area contributed by atoms with E-state index in [9.17, 15) is 4.79 Å². The van der Waals surface area contributed by atoms with Crippen LogP contribution >= 0.6 is 11.6 Å². The van der Waals surface area contributed by atoms with Crippen molar-refractivity contribution in [3.63, 3.8) is 0 Å². The van der Waals surface area contributed by atoms with Gasteiger partial charge in [-0.2, -0.15) is 0 Å². The molecule has 0 aromatic carbocycles. The van der Waals surface area contributed by atoms with Gasteiger partial charge in [0.15, 0.2) is 0 Å². The van der Waals surface area contributed by atoms with Gasteiger partial charge in [-0.15, -0.1) is 0 Å². The molecule has 1 heterocycles. The maximum atomic E-state index is 11.1. The van der Waals surface area contributed by atoms with Crippen LogP contribution in [0, 0.1) is 5.92 Å². The van der Waals surface area contributed by atoms with E-state index in [0.29, 0.717) is 18.3 Å². The highest BCUT2D eigenvalue weighted by molar-refractivity contribution is 6.33. The largest absolute Gasteiger partial charge is 0.492 e. The summed E-state index contributed by atoms with van der Waals surface area (Å²) in [6.07, 6.45) is 1.48. The van der Waals surface area contributed by atoms with E-state index in [1.54, 1.807) is 6.07 Å². The third-order valence-electron chi connectivity index (χ3n) is 1.69. The first kappa shape index (κ1) is 11.8. The molecular weight excluding hydrogens is 216 g/mol. The molecule has 0 unspecified atom stereocenters. The van der Waals surface area contributed by atoms with Crippen molar-refractivity contribution in [1.82, 2.24) is 4.98 Å². The van der Waals surface area contributed by atoms with Crippen molar-refractivity contribution in [1.29, 1.82) is 0 Å². The second-order valence-corrected chi connectivity index (χ2v) is 3.90. The van der Waals surface area contributed by atoms with Gasteiger partial charge in [-0.1, -0.05) is 25.4 Å². The average Bonchev–Trinajstić information content (AvgIpc) is 2.13. The zero-order valence-electron chi connectivity index (χ0n) is 8.66. The van der Waals surface area contributed by atoms with Gasteiger partial charge in [0.05, 0.1) is 6.61 Å². The highest BCUT2D eigenvalue weighted by atomic mass is 35.5. The molecule has 5 heteroatoms. The van der Waals surface area contributed by atoms with Crippen LogP contribution in [-0.2, 0) is 0 Å². The van der Waals surface area contributed by atoms with Crippen molar-refractivity contribution in [2.24, 2.45) is 11.7 Å². The summed E-state index contributed by atoms with van der Waals surface area (Å²) in [6.45, 7) is 4.51. The van der Waals surface area contributed by atoms with Gasteiger partial charge in [-0.3, -0.25) is 4.79 Å². The minimum Gasteiger partial charge on any atom is -0.492 e. The normalized spacial score (nSPS) is 10.4. The third-order valence-corrected chi connectivity index (χ3v) is 1.97. The van der Waals surface area contributed by atoms with Crippen molar-refractivity contribution in [2.45, 2.75) is 13.8 Å². The molecule has 0 aliphatic heterocycles. The molecule has 4 nitrogen and oxygen atoms in total. The predicted octanol–water partition coefficient (Wildman–Crippen LogP) is 1.87. The van der Waals surface area contributed by atoms with Crippen molar-refractivity contribution in [3.8, 4) is 5.75 Å². The second kappa shape index (κ2) is 4.98. The van der Waals surface area contributed by atoms with Crippen molar-refractivity contribution >= 4 is 17.5 Å². The zero-order chi connectivity index (χ0) is 11.4. The molecule has 0 spiro atoms. The van der Waals surface area contributed by atoms with E-state index in [1.807, 2.05) is 13.8 Å². The Kier molecular flexibility index (Phi) is 3.91. The molecule has 0 saturated carbocycles. The highest BCUT2D eigenvalue weighted by Gasteiger charge is 2.15. The van der Waals surface area contributed by atoms with Crippen LogP contribution in [0.2, 0.25) is 5.15 Å². The van der Waals surface area contributed by atoms with Crippen LogP contribution in [0.25, 0.3) is 0 Å². The zero-order valence-corrected chi connectivity index (χ0v) is 9.41. The number of rotatable bonds is 4. The van der Waals surface area contributed by atoms with E-state index in [0.717, 1.165) is 0 Å². The van der Waals surface area contributed by atoms with E-state index < -0.39 is 5.91 Å². The van der Waals surface area contributed by atoms with Gasteiger partial charge in [-0.05, 0) is 12.0 Å². The molecular formula is C10H13ClN2O2. The molecule has 1 aromatic heterocycles. The summed E-state index contributed by atoms with van der Waals surface area (Å²) in [7, 11) is 0. The third kappa shape index (κ3) is 3.09. The Hall–Kier alpha value is -1.29. The smallest absolute Gasteiger partial charge is 0.255 e. The van der Waals surface area contributed by atoms with Gasteiger partial charge >= 0.3 is 0 Å². The summed E-state index contributed by atoms with van der Waals surface area (Å²) in [4.78, 5) is 14.9. The summed E-state index contributed by atoms with van der Waals surface area (Å²) in [6, 6.07) is 1.58. The van der Waals surface area contributed by atoms with Crippen LogP contribution in [0.4, 0.5) is 0 Å². The number of nitrogens with two attached hydrogens (primary N) is 1. The first-order valence-corrected chi connectivity index (χ1v) is 4.97. The lowest BCUT2D eigenvalue weighted by Gasteiger charge is -2.11. The number of pyridine rings is 1. The Morgan fingerprint density at radius 2 is 2.33 bits per heavy atom. The minimum atomic E-state index is -0.633. The molecule has 2 N–H and O–H groups in total. The first-order chi connectivity index (χ1) is 7.02. The van der Waals surface area contributed by atoms with Gasteiger partial charge < -0.3 is 10.5 Å². The van der Waals surface area contributed by atoms with Gasteiger partial charge in [0.1, 0.15) is 16.5 Å². The number of hydrogen-bond acceptors (Lipinski definition) is 3. The van der Waals surface area contributed by atoms with E-state index in [4.69, 9.17) is 22.1 Å². The highest BCUT2D eigenvalue weighted by Crippen LogP contribution is 2.23. The standard InChI is InChI=1S/C10H13ClN2O2/c1-6(2)5-15-7-3-4-13-9(11)8(7)10(12)14/h3-4,6H,5H2,1-2H3,(H2,12,14). The van der Waals surface area contributed by atoms with Crippen LogP contribution in [0.15, 0.2) is 12.3 Å². The molecule has 0 aliphatic carbocycles. The molecule has 0 aliphatic rings. The Bertz CT molecular complexity index is 366. The molecule has 15 heavy (non-hydrogen) atoms. The SMILES string of the molecule is CC(C)COc1ccnc(Cl)c1C(N)=O. The topological polar surface area (TPSA) is 65.2 Å². The van der Waals surface area contributed by atoms with Gasteiger partial charge in [0.25, 0.3) is 5.91 Å². The Morgan fingerprint density at radius 1 is 1.67 bits per heavy atom. The van der Waals surface area contributed by atoms with Crippen LogP contribution in [0.1, 0.15) is 24.2 Å². The van der Waals surface area contributed by atoms with E-state index in [2.05, 4.69) is 4.98 Å². The summed E-state index contributed by atoms with van der Waals surface area (Å²) in [5, 5.41) is 0.0729. The first-order valence-electron chi connectivity index (χ1n) is 4.59. The van der Waals surface area contributed by atoms with E-state index in [1.165, 1.54) is 6.20 Å². The molecule has 0 radical (unpaired) electrons. The Morgan fingerprint density at radius 3 is 2.87 bits per heavy atom. The molecule has 1 rings (SSSR count). The molecule has 0 bridgehead atoms. The van der Waals surface area contributed by atoms with Crippen LogP contribution in [-0.4, -0.2) is 17.5 Å². The van der Waals surface area contributed by atoms with Crippen LogP contribution in [0.3, 0.4) is 0 Å². The lowest BCUT2D eigenvalue weighted by Crippen LogP contribution is -2.15. The summed E-state index contributed by atoms with van der Waals surface area (Å²) >= 11 is 5.75. The number of carbonyl (C=O) groups is 1. The quantitative estimate of drug-likeness (QED) is 0.800. The molecule has 0 fully saturated rings. The van der Waals surface area contributed by atoms with Gasteiger partial charge in [0, 0.05) is 6.20 Å². The number of aromatic nitrogens is 1. The molecule has 1 aromatic rings. The molecule has 0 atom stereocenters. The number of carbonyl (C=O) groups excluding carboxylic acids is 1. The molecule has 1 amide bonds. The van der Waals surface area contributed by atoms with E-state index in [-0.39, 0.29) is 10.7 Å². The fourth-order valence-electron chi connectivity index (χ4n) is 1.02. The average molecular weight is 229 g/mol. The lowest BCUT2D eigenvalue weighted by molar-refractivity contribution is 0.0995. The molecule has 0 saturated heterocycles. The Balaban J connectivity index is 2.96. The Labute approximate surface area is 93.4 Å². The van der Waals surface area contributed by atoms with Crippen molar-refractivity contribution in [3.05, 3.63) is 23.0 Å². The van der Waals surface area contributed by atoms with E-state index >= 15 is 0 Å². The number of halogens is 1. The maximum Gasteiger partial charge on any atom is 0.255 e. The monoisotopic (exact) mass is 228 g/mol. The maximum absolute atomic E-state index is 11.1. The second-order valence-electron chi connectivity index (χ2n) is 3.54. The fourth-order valence-corrected chi connectivity index (χ4v) is 1.26. The van der Waals surface area contributed by atoms with Gasteiger partial charge in [-0.25, -0.2) is 4.98 Å². The molecule has 82 valence electrons. The fraction of sp³-hybridized carbons (Fsp3) is 0.400. The lowest BCUT2D eigenvalue weighted by atomic mass is 10.2. The predicted molar refractivity (Wildman–Crippen MR) is 58.1 cm³/mol. The summed E-state index contributed by atoms with van der Waals surface area (Å²) in [5.74, 6) is 0.112. The number of primary amides is 1. The number of amides is 1. The summed E-state index contributed by atoms with van der Waals surface area (Å²) in [5.41, 5.74) is 5.32. The number of nitrogens with zero attached hydrogens (tertiary/aromatic N) is 1. The number of ether oxygens (including phenoxy) is 1. The van der Waals surface area contributed by atoms with Crippen molar-refractivity contribution < 1.29 is 9.53 Å².